The number of anilines is 2. The third-order valence-electron chi connectivity index (χ3n) is 6.51. The van der Waals surface area contributed by atoms with E-state index in [2.05, 4.69) is 20.6 Å². The lowest BCUT2D eigenvalue weighted by Gasteiger charge is -2.31. The summed E-state index contributed by atoms with van der Waals surface area (Å²) in [5, 5.41) is 6.06. The Labute approximate surface area is 208 Å². The molecule has 2 fully saturated rings. The van der Waals surface area contributed by atoms with Gasteiger partial charge in [-0.15, -0.1) is 0 Å². The molecule has 3 aromatic rings. The van der Waals surface area contributed by atoms with E-state index in [9.17, 15) is 18.0 Å². The molecule has 3 amide bonds. The molecule has 5 N–H and O–H groups in total. The van der Waals surface area contributed by atoms with E-state index in [1.165, 1.54) is 24.3 Å². The van der Waals surface area contributed by atoms with Crippen LogP contribution in [0.2, 0.25) is 0 Å². The molecule has 1 aliphatic heterocycles. The van der Waals surface area contributed by atoms with Crippen LogP contribution < -0.4 is 20.6 Å². The van der Waals surface area contributed by atoms with Crippen molar-refractivity contribution in [3.8, 4) is 5.75 Å². The van der Waals surface area contributed by atoms with Crippen LogP contribution in [0.1, 0.15) is 25.7 Å². The molecule has 1 aromatic heterocycles. The fraction of sp³-hybridized carbons (Fsp3) is 0.375. The van der Waals surface area contributed by atoms with Crippen LogP contribution in [0, 0.1) is 11.8 Å². The van der Waals surface area contributed by atoms with Crippen molar-refractivity contribution in [2.75, 3.05) is 30.3 Å². The first-order valence-corrected chi connectivity index (χ1v) is 13.3. The Bertz CT molecular complexity index is 1380. The molecule has 0 radical (unpaired) electrons. The minimum Gasteiger partial charge on any atom is -0.385 e. The highest BCUT2D eigenvalue weighted by Crippen LogP contribution is 2.30. The van der Waals surface area contributed by atoms with Crippen molar-refractivity contribution in [3.05, 3.63) is 42.5 Å². The van der Waals surface area contributed by atoms with Gasteiger partial charge in [0.2, 0.25) is 11.9 Å². The number of rotatable bonds is 8. The first-order valence-electron chi connectivity index (χ1n) is 11.9. The lowest BCUT2D eigenvalue weighted by atomic mass is 9.97. The van der Waals surface area contributed by atoms with Crippen molar-refractivity contribution in [1.29, 1.82) is 0 Å². The number of fused-ring (bicyclic) bond motifs is 1. The van der Waals surface area contributed by atoms with Gasteiger partial charge in [-0.3, -0.25) is 10.1 Å². The van der Waals surface area contributed by atoms with Crippen LogP contribution in [0.5, 0.6) is 5.75 Å². The standard InChI is InChI=1S/C24H28N6O5S/c25-23(32)30-11-9-15(10-12-30)14-26-17-3-6-19(7-4-17)36(33,34)35-18-5-8-20-21(13-18)28-24(27-20)29-22(31)16-1-2-16/h3-8,13,15-16,26H,1-2,9-12,14H2,(H2,25,32)(H2,27,28,29,31). The topological polar surface area (TPSA) is 160 Å². The van der Waals surface area contributed by atoms with Crippen molar-refractivity contribution in [1.82, 2.24) is 14.9 Å². The van der Waals surface area contributed by atoms with Crippen LogP contribution in [0.25, 0.3) is 11.0 Å². The lowest BCUT2D eigenvalue weighted by molar-refractivity contribution is -0.117. The molecule has 2 heterocycles. The number of hydrogen-bond donors (Lipinski definition) is 4. The molecule has 190 valence electrons. The number of urea groups is 1. The van der Waals surface area contributed by atoms with E-state index in [4.69, 9.17) is 9.92 Å². The Hall–Kier alpha value is -3.80. The molecular weight excluding hydrogens is 484 g/mol. The van der Waals surface area contributed by atoms with E-state index in [0.717, 1.165) is 37.9 Å². The van der Waals surface area contributed by atoms with Crippen molar-refractivity contribution in [2.24, 2.45) is 17.6 Å². The molecule has 36 heavy (non-hydrogen) atoms. The second-order valence-corrected chi connectivity index (χ2v) is 10.8. The molecule has 1 saturated heterocycles. The van der Waals surface area contributed by atoms with E-state index in [1.807, 2.05) is 0 Å². The zero-order chi connectivity index (χ0) is 25.3. The van der Waals surface area contributed by atoms with Crippen molar-refractivity contribution < 1.29 is 22.2 Å². The van der Waals surface area contributed by atoms with Crippen molar-refractivity contribution >= 4 is 44.7 Å². The monoisotopic (exact) mass is 512 g/mol. The second-order valence-electron chi connectivity index (χ2n) is 9.24. The summed E-state index contributed by atoms with van der Waals surface area (Å²) in [5.41, 5.74) is 7.25. The number of carbonyl (C=O) groups excluding carboxylic acids is 2. The molecule has 1 aliphatic carbocycles. The van der Waals surface area contributed by atoms with Gasteiger partial charge in [0.15, 0.2) is 0 Å². The average Bonchev–Trinajstić information content (AvgIpc) is 3.64. The summed E-state index contributed by atoms with van der Waals surface area (Å²) in [6.07, 6.45) is 3.50. The van der Waals surface area contributed by atoms with Crippen LogP contribution in [0.3, 0.4) is 0 Å². The number of H-pyrrole nitrogens is 1. The maximum absolute atomic E-state index is 12.8. The number of nitrogens with two attached hydrogens (primary N) is 1. The first-order chi connectivity index (χ1) is 17.3. The number of nitrogens with one attached hydrogen (secondary N) is 3. The highest BCUT2D eigenvalue weighted by Gasteiger charge is 2.30. The minimum absolute atomic E-state index is 0.0299. The smallest absolute Gasteiger partial charge is 0.339 e. The molecule has 11 nitrogen and oxygen atoms in total. The van der Waals surface area contributed by atoms with Crippen molar-refractivity contribution in [3.63, 3.8) is 0 Å². The molecule has 5 rings (SSSR count). The summed E-state index contributed by atoms with van der Waals surface area (Å²) in [5.74, 6) is 0.832. The third kappa shape index (κ3) is 5.54. The van der Waals surface area contributed by atoms with Gasteiger partial charge in [-0.2, -0.15) is 8.42 Å². The molecular formula is C24H28N6O5S. The largest absolute Gasteiger partial charge is 0.385 e. The molecule has 12 heteroatoms. The van der Waals surface area contributed by atoms with E-state index < -0.39 is 10.1 Å². The molecule has 0 unspecified atom stereocenters. The first kappa shape index (κ1) is 23.9. The van der Waals surface area contributed by atoms with Gasteiger partial charge in [0.1, 0.15) is 10.6 Å². The summed E-state index contributed by atoms with van der Waals surface area (Å²) < 4.78 is 30.9. The Morgan fingerprint density at radius 1 is 1.08 bits per heavy atom. The number of likely N-dealkylation sites (tertiary alicyclic amines) is 1. The fourth-order valence-corrected chi connectivity index (χ4v) is 5.12. The SMILES string of the molecule is NC(=O)N1CCC(CNc2ccc(S(=O)(=O)Oc3ccc4[nH]c(NC(=O)C5CC5)nc4c3)cc2)CC1. The predicted octanol–water partition coefficient (Wildman–Crippen LogP) is 2.88. The normalized spacial score (nSPS) is 16.6. The van der Waals surface area contributed by atoms with Gasteiger partial charge in [0.05, 0.1) is 11.0 Å². The number of primary amides is 1. The number of carbonyl (C=O) groups is 2. The maximum Gasteiger partial charge on any atom is 0.339 e. The van der Waals surface area contributed by atoms with E-state index in [-0.39, 0.29) is 28.5 Å². The third-order valence-corrected chi connectivity index (χ3v) is 7.78. The molecule has 0 spiro atoms. The summed E-state index contributed by atoms with van der Waals surface area (Å²) in [6, 6.07) is 10.7. The van der Waals surface area contributed by atoms with Crippen molar-refractivity contribution in [2.45, 2.75) is 30.6 Å². The highest BCUT2D eigenvalue weighted by atomic mass is 32.2. The van der Waals surface area contributed by atoms with Gasteiger partial charge in [0, 0.05) is 37.3 Å². The van der Waals surface area contributed by atoms with Gasteiger partial charge in [-0.25, -0.2) is 9.78 Å². The number of nitrogens with zero attached hydrogens (tertiary/aromatic N) is 2. The van der Waals surface area contributed by atoms with Crippen LogP contribution >= 0.6 is 0 Å². The number of aromatic amines is 1. The summed E-state index contributed by atoms with van der Waals surface area (Å²) >= 11 is 0. The summed E-state index contributed by atoms with van der Waals surface area (Å²) in [6.45, 7) is 2.02. The predicted molar refractivity (Wildman–Crippen MR) is 134 cm³/mol. The van der Waals surface area contributed by atoms with Gasteiger partial charge < -0.3 is 25.1 Å². The van der Waals surface area contributed by atoms with E-state index in [1.54, 1.807) is 23.1 Å². The van der Waals surface area contributed by atoms with Crippen LogP contribution in [-0.4, -0.2) is 54.9 Å². The lowest BCUT2D eigenvalue weighted by Crippen LogP contribution is -2.42. The van der Waals surface area contributed by atoms with Gasteiger partial charge >= 0.3 is 16.1 Å². The van der Waals surface area contributed by atoms with Gasteiger partial charge in [-0.05, 0) is 68.0 Å². The zero-order valence-electron chi connectivity index (χ0n) is 19.6. The molecule has 0 bridgehead atoms. The van der Waals surface area contributed by atoms with Crippen LogP contribution in [-0.2, 0) is 14.9 Å². The summed E-state index contributed by atoms with van der Waals surface area (Å²) in [4.78, 5) is 32.2. The Kier molecular flexibility index (Phi) is 6.44. The quantitative estimate of drug-likeness (QED) is 0.338. The second kappa shape index (κ2) is 9.69. The molecule has 1 saturated carbocycles. The zero-order valence-corrected chi connectivity index (χ0v) is 20.4. The maximum atomic E-state index is 12.8. The average molecular weight is 513 g/mol. The number of imidazole rings is 1. The van der Waals surface area contributed by atoms with Crippen LogP contribution in [0.15, 0.2) is 47.4 Å². The Balaban J connectivity index is 1.18. The highest BCUT2D eigenvalue weighted by molar-refractivity contribution is 7.87. The fourth-order valence-electron chi connectivity index (χ4n) is 4.19. The van der Waals surface area contributed by atoms with E-state index >= 15 is 0 Å². The molecule has 0 atom stereocenters. The summed E-state index contributed by atoms with van der Waals surface area (Å²) in [7, 11) is -4.05. The number of amides is 3. The number of hydrogen-bond acceptors (Lipinski definition) is 7. The van der Waals surface area contributed by atoms with Gasteiger partial charge in [0.25, 0.3) is 0 Å². The molecule has 2 aliphatic rings. The number of benzene rings is 2. The van der Waals surface area contributed by atoms with Gasteiger partial charge in [-0.1, -0.05) is 0 Å². The van der Waals surface area contributed by atoms with E-state index in [0.29, 0.717) is 36.0 Å². The Morgan fingerprint density at radius 2 is 1.81 bits per heavy atom. The Morgan fingerprint density at radius 3 is 2.47 bits per heavy atom. The minimum atomic E-state index is -4.05. The molecule has 2 aromatic carbocycles. The van der Waals surface area contributed by atoms with Crippen LogP contribution in [0.4, 0.5) is 16.4 Å². The number of aromatic nitrogens is 2. The number of piperidine rings is 1.